The van der Waals surface area contributed by atoms with Crippen LogP contribution in [0.2, 0.25) is 0 Å². The number of hydrogen-bond donors (Lipinski definition) is 1. The van der Waals surface area contributed by atoms with E-state index in [1.54, 1.807) is 0 Å². The number of carbonyl (C=O) groups is 1. The number of allylic oxidation sites excluding steroid dienone is 1. The van der Waals surface area contributed by atoms with Gasteiger partial charge in [0.25, 0.3) is 0 Å². The molecule has 0 unspecified atom stereocenters. The van der Waals surface area contributed by atoms with Crippen LogP contribution in [0.15, 0.2) is 12.2 Å². The maximum atomic E-state index is 11.9. The molecule has 1 saturated carbocycles. The Morgan fingerprint density at radius 2 is 2.00 bits per heavy atom. The van der Waals surface area contributed by atoms with Gasteiger partial charge in [-0.2, -0.15) is 0 Å². The molecule has 74 valence electrons. The molecule has 2 N–H and O–H groups in total. The lowest BCUT2D eigenvalue weighted by Gasteiger charge is -2.25. The van der Waals surface area contributed by atoms with Gasteiger partial charge in [-0.1, -0.05) is 25.0 Å². The van der Waals surface area contributed by atoms with Gasteiger partial charge in [0.1, 0.15) is 5.78 Å². The number of rotatable bonds is 4. The average Bonchev–Trinajstić information content (AvgIpc) is 2.51. The van der Waals surface area contributed by atoms with Crippen LogP contribution >= 0.6 is 0 Å². The lowest BCUT2D eigenvalue weighted by molar-refractivity contribution is -0.127. The third kappa shape index (κ3) is 2.19. The molecular weight excluding hydrogens is 162 g/mol. The molecule has 0 radical (unpaired) electrons. The minimum Gasteiger partial charge on any atom is -0.329 e. The fraction of sp³-hybridized carbons (Fsp3) is 0.727. The molecule has 2 heteroatoms. The number of carbonyl (C=O) groups excluding carboxylic acids is 1. The third-order valence-corrected chi connectivity index (χ3v) is 3.01. The minimum absolute atomic E-state index is 0.195. The number of hydrogen-bond acceptors (Lipinski definition) is 2. The van der Waals surface area contributed by atoms with Gasteiger partial charge >= 0.3 is 0 Å². The SMILES string of the molecule is C=C(C)CC(=O)C1(CN)CCCC1. The Kier molecular flexibility index (Phi) is 3.26. The van der Waals surface area contributed by atoms with Gasteiger partial charge in [0, 0.05) is 18.4 Å². The van der Waals surface area contributed by atoms with Gasteiger partial charge < -0.3 is 5.73 Å². The zero-order valence-electron chi connectivity index (χ0n) is 8.44. The molecule has 1 fully saturated rings. The van der Waals surface area contributed by atoms with Gasteiger partial charge in [0.05, 0.1) is 0 Å². The molecular formula is C11H19NO. The first-order valence-corrected chi connectivity index (χ1v) is 4.98. The molecule has 1 aliphatic rings. The minimum atomic E-state index is -0.195. The van der Waals surface area contributed by atoms with Gasteiger partial charge in [0.2, 0.25) is 0 Å². The van der Waals surface area contributed by atoms with Crippen molar-refractivity contribution in [2.75, 3.05) is 6.54 Å². The topological polar surface area (TPSA) is 43.1 Å². The van der Waals surface area contributed by atoms with Crippen molar-refractivity contribution in [1.82, 2.24) is 0 Å². The molecule has 0 heterocycles. The summed E-state index contributed by atoms with van der Waals surface area (Å²) >= 11 is 0. The summed E-state index contributed by atoms with van der Waals surface area (Å²) in [6.45, 7) is 6.18. The molecule has 2 nitrogen and oxygen atoms in total. The standard InChI is InChI=1S/C11H19NO/c1-9(2)7-10(13)11(8-12)5-3-4-6-11/h1,3-8,12H2,2H3. The summed E-state index contributed by atoms with van der Waals surface area (Å²) < 4.78 is 0. The molecule has 1 rings (SSSR count). The average molecular weight is 181 g/mol. The van der Waals surface area contributed by atoms with E-state index in [0.717, 1.165) is 31.3 Å². The van der Waals surface area contributed by atoms with Crippen LogP contribution in [-0.2, 0) is 4.79 Å². The Bertz CT molecular complexity index is 214. The third-order valence-electron chi connectivity index (χ3n) is 3.01. The highest BCUT2D eigenvalue weighted by atomic mass is 16.1. The first-order chi connectivity index (χ1) is 6.10. The van der Waals surface area contributed by atoms with E-state index in [1.165, 1.54) is 0 Å². The summed E-state index contributed by atoms with van der Waals surface area (Å²) in [6, 6.07) is 0. The highest BCUT2D eigenvalue weighted by molar-refractivity contribution is 5.87. The lowest BCUT2D eigenvalue weighted by atomic mass is 9.79. The van der Waals surface area contributed by atoms with E-state index in [4.69, 9.17) is 5.73 Å². The van der Waals surface area contributed by atoms with Gasteiger partial charge in [0.15, 0.2) is 0 Å². The zero-order chi connectivity index (χ0) is 9.90. The van der Waals surface area contributed by atoms with Crippen LogP contribution in [0, 0.1) is 5.41 Å². The van der Waals surface area contributed by atoms with Crippen LogP contribution in [-0.4, -0.2) is 12.3 Å². The maximum Gasteiger partial charge on any atom is 0.144 e. The lowest BCUT2D eigenvalue weighted by Crippen LogP contribution is -2.36. The largest absolute Gasteiger partial charge is 0.329 e. The Balaban J connectivity index is 2.65. The van der Waals surface area contributed by atoms with Gasteiger partial charge in [-0.3, -0.25) is 4.79 Å². The Morgan fingerprint density at radius 1 is 1.46 bits per heavy atom. The molecule has 0 spiro atoms. The van der Waals surface area contributed by atoms with Crippen molar-refractivity contribution < 1.29 is 4.79 Å². The molecule has 0 bridgehead atoms. The molecule has 0 aromatic heterocycles. The van der Waals surface area contributed by atoms with Crippen molar-refractivity contribution in [3.05, 3.63) is 12.2 Å². The smallest absolute Gasteiger partial charge is 0.144 e. The molecule has 0 aromatic carbocycles. The van der Waals surface area contributed by atoms with Crippen LogP contribution in [0.1, 0.15) is 39.0 Å². The predicted molar refractivity (Wildman–Crippen MR) is 54.4 cm³/mol. The predicted octanol–water partition coefficient (Wildman–Crippen LogP) is 2.04. The Labute approximate surface area is 80.2 Å². The van der Waals surface area contributed by atoms with Crippen molar-refractivity contribution in [1.29, 1.82) is 0 Å². The van der Waals surface area contributed by atoms with Crippen molar-refractivity contribution in [2.24, 2.45) is 11.1 Å². The van der Waals surface area contributed by atoms with Crippen molar-refractivity contribution in [2.45, 2.75) is 39.0 Å². The quantitative estimate of drug-likeness (QED) is 0.674. The normalized spacial score (nSPS) is 20.2. The first kappa shape index (κ1) is 10.5. The molecule has 1 aliphatic carbocycles. The molecule has 13 heavy (non-hydrogen) atoms. The second-order valence-electron chi connectivity index (χ2n) is 4.25. The molecule has 0 atom stereocenters. The monoisotopic (exact) mass is 181 g/mol. The highest BCUT2D eigenvalue weighted by Gasteiger charge is 2.38. The number of nitrogens with two attached hydrogens (primary N) is 1. The Morgan fingerprint density at radius 3 is 2.38 bits per heavy atom. The van der Waals surface area contributed by atoms with E-state index in [-0.39, 0.29) is 5.41 Å². The van der Waals surface area contributed by atoms with E-state index in [0.29, 0.717) is 18.7 Å². The van der Waals surface area contributed by atoms with E-state index < -0.39 is 0 Å². The van der Waals surface area contributed by atoms with Crippen molar-refractivity contribution in [3.8, 4) is 0 Å². The van der Waals surface area contributed by atoms with Gasteiger partial charge in [-0.25, -0.2) is 0 Å². The maximum absolute atomic E-state index is 11.9. The van der Waals surface area contributed by atoms with E-state index >= 15 is 0 Å². The summed E-state index contributed by atoms with van der Waals surface area (Å²) in [4.78, 5) is 11.9. The van der Waals surface area contributed by atoms with Crippen LogP contribution in [0.25, 0.3) is 0 Å². The van der Waals surface area contributed by atoms with Crippen LogP contribution in [0.4, 0.5) is 0 Å². The Hall–Kier alpha value is -0.630. The fourth-order valence-electron chi connectivity index (χ4n) is 2.11. The number of Topliss-reactive ketones (excluding diaryl/α,β-unsaturated/α-hetero) is 1. The summed E-state index contributed by atoms with van der Waals surface area (Å²) in [7, 11) is 0. The summed E-state index contributed by atoms with van der Waals surface area (Å²) in [5.74, 6) is 0.306. The molecule has 0 aromatic rings. The summed E-state index contributed by atoms with van der Waals surface area (Å²) in [5.41, 5.74) is 6.45. The van der Waals surface area contributed by atoms with E-state index in [2.05, 4.69) is 6.58 Å². The second-order valence-corrected chi connectivity index (χ2v) is 4.25. The van der Waals surface area contributed by atoms with Crippen LogP contribution in [0.5, 0.6) is 0 Å². The second kappa shape index (κ2) is 4.05. The van der Waals surface area contributed by atoms with Crippen LogP contribution in [0.3, 0.4) is 0 Å². The fourth-order valence-corrected chi connectivity index (χ4v) is 2.11. The van der Waals surface area contributed by atoms with Gasteiger partial charge in [-0.15, -0.1) is 0 Å². The van der Waals surface area contributed by atoms with E-state index in [9.17, 15) is 4.79 Å². The zero-order valence-corrected chi connectivity index (χ0v) is 8.44. The highest BCUT2D eigenvalue weighted by Crippen LogP contribution is 2.39. The van der Waals surface area contributed by atoms with Crippen LogP contribution < -0.4 is 5.73 Å². The summed E-state index contributed by atoms with van der Waals surface area (Å²) in [5, 5.41) is 0. The summed E-state index contributed by atoms with van der Waals surface area (Å²) in [6.07, 6.45) is 4.78. The first-order valence-electron chi connectivity index (χ1n) is 4.98. The van der Waals surface area contributed by atoms with Crippen molar-refractivity contribution in [3.63, 3.8) is 0 Å². The molecule has 0 saturated heterocycles. The number of ketones is 1. The molecule has 0 amide bonds. The van der Waals surface area contributed by atoms with Crippen molar-refractivity contribution >= 4 is 5.78 Å². The van der Waals surface area contributed by atoms with Gasteiger partial charge in [-0.05, 0) is 19.8 Å². The molecule has 0 aliphatic heterocycles. The van der Waals surface area contributed by atoms with E-state index in [1.807, 2.05) is 6.92 Å².